The third-order valence-corrected chi connectivity index (χ3v) is 9.00. The molecular formula is C22H25N5O5S. The van der Waals surface area contributed by atoms with E-state index in [-0.39, 0.29) is 43.4 Å². The summed E-state index contributed by atoms with van der Waals surface area (Å²) >= 11 is 1.47. The summed E-state index contributed by atoms with van der Waals surface area (Å²) in [5.41, 5.74) is 1.47. The number of para-hydroxylation sites is 1. The van der Waals surface area contributed by atoms with Gasteiger partial charge in [0.15, 0.2) is 0 Å². The van der Waals surface area contributed by atoms with E-state index >= 15 is 0 Å². The van der Waals surface area contributed by atoms with Crippen LogP contribution in [0.15, 0.2) is 36.9 Å². The SMILES string of the molecule is C=CCN(Cn1nnc2ccccc21)C(=O)C1N(CCO)C(=O)[C@@H]2[C@H](C(=O)O)[C@@H]3CCC12S3. The lowest BCUT2D eigenvalue weighted by Gasteiger charge is -2.37. The number of carboxylic acids is 1. The van der Waals surface area contributed by atoms with Gasteiger partial charge in [-0.3, -0.25) is 14.4 Å². The van der Waals surface area contributed by atoms with Gasteiger partial charge in [-0.2, -0.15) is 0 Å². The number of carbonyl (C=O) groups excluding carboxylic acids is 2. The molecule has 5 atom stereocenters. The van der Waals surface area contributed by atoms with Crippen molar-refractivity contribution in [2.45, 2.75) is 35.5 Å². The number of rotatable bonds is 8. The maximum Gasteiger partial charge on any atom is 0.308 e. The van der Waals surface area contributed by atoms with Gasteiger partial charge in [-0.15, -0.1) is 23.4 Å². The molecule has 11 heteroatoms. The fourth-order valence-electron chi connectivity index (χ4n) is 5.79. The predicted molar refractivity (Wildman–Crippen MR) is 120 cm³/mol. The van der Waals surface area contributed by atoms with Gasteiger partial charge in [0.05, 0.1) is 28.7 Å². The second kappa shape index (κ2) is 8.14. The molecule has 0 saturated carbocycles. The first-order valence-electron chi connectivity index (χ1n) is 10.9. The summed E-state index contributed by atoms with van der Waals surface area (Å²) in [4.78, 5) is 42.4. The number of benzene rings is 1. The molecule has 3 aliphatic rings. The first kappa shape index (κ1) is 21.9. The quantitative estimate of drug-likeness (QED) is 0.535. The van der Waals surface area contributed by atoms with E-state index in [0.29, 0.717) is 18.4 Å². The molecule has 3 aliphatic heterocycles. The summed E-state index contributed by atoms with van der Waals surface area (Å²) in [5.74, 6) is -3.23. The summed E-state index contributed by atoms with van der Waals surface area (Å²) in [5, 5.41) is 27.6. The highest BCUT2D eigenvalue weighted by Crippen LogP contribution is 2.66. The van der Waals surface area contributed by atoms with E-state index in [1.54, 1.807) is 15.7 Å². The molecule has 2 aromatic rings. The van der Waals surface area contributed by atoms with Crippen molar-refractivity contribution >= 4 is 40.6 Å². The molecular weight excluding hydrogens is 446 g/mol. The van der Waals surface area contributed by atoms with Crippen LogP contribution in [0.5, 0.6) is 0 Å². The maximum absolute atomic E-state index is 14.0. The molecule has 3 fully saturated rings. The van der Waals surface area contributed by atoms with E-state index in [1.165, 1.54) is 16.7 Å². The first-order valence-corrected chi connectivity index (χ1v) is 11.8. The lowest BCUT2D eigenvalue weighted by atomic mass is 9.71. The van der Waals surface area contributed by atoms with E-state index in [0.717, 1.165) is 5.52 Å². The second-order valence-electron chi connectivity index (χ2n) is 8.72. The van der Waals surface area contributed by atoms with Crippen LogP contribution >= 0.6 is 11.8 Å². The highest BCUT2D eigenvalue weighted by molar-refractivity contribution is 8.02. The molecule has 1 aromatic heterocycles. The number of hydrogen-bond donors (Lipinski definition) is 2. The van der Waals surface area contributed by atoms with Gasteiger partial charge in [-0.1, -0.05) is 23.4 Å². The Morgan fingerprint density at radius 3 is 2.88 bits per heavy atom. The lowest BCUT2D eigenvalue weighted by Crippen LogP contribution is -2.55. The van der Waals surface area contributed by atoms with E-state index in [2.05, 4.69) is 16.9 Å². The zero-order valence-electron chi connectivity index (χ0n) is 17.9. The molecule has 1 aromatic carbocycles. The van der Waals surface area contributed by atoms with Crippen LogP contribution in [0.1, 0.15) is 12.8 Å². The number of hydrogen-bond acceptors (Lipinski definition) is 7. The molecule has 33 heavy (non-hydrogen) atoms. The van der Waals surface area contributed by atoms with Gasteiger partial charge < -0.3 is 20.0 Å². The molecule has 0 aliphatic carbocycles. The molecule has 174 valence electrons. The zero-order chi connectivity index (χ0) is 23.3. The van der Waals surface area contributed by atoms with Crippen molar-refractivity contribution in [3.05, 3.63) is 36.9 Å². The van der Waals surface area contributed by atoms with Crippen LogP contribution in [0.4, 0.5) is 0 Å². The highest BCUT2D eigenvalue weighted by Gasteiger charge is 2.73. The Kier molecular flexibility index (Phi) is 5.40. The number of carbonyl (C=O) groups is 3. The van der Waals surface area contributed by atoms with Crippen molar-refractivity contribution in [3.8, 4) is 0 Å². The first-order chi connectivity index (χ1) is 15.9. The molecule has 4 heterocycles. The van der Waals surface area contributed by atoms with Gasteiger partial charge in [-0.05, 0) is 25.0 Å². The summed E-state index contributed by atoms with van der Waals surface area (Å²) in [6.45, 7) is 3.79. The van der Waals surface area contributed by atoms with E-state index in [4.69, 9.17) is 0 Å². The summed E-state index contributed by atoms with van der Waals surface area (Å²) in [7, 11) is 0. The van der Waals surface area contributed by atoms with Crippen LogP contribution in [0.25, 0.3) is 11.0 Å². The number of aliphatic hydroxyl groups excluding tert-OH is 1. The number of fused-ring (bicyclic) bond motifs is 2. The summed E-state index contributed by atoms with van der Waals surface area (Å²) < 4.78 is 0.819. The summed E-state index contributed by atoms with van der Waals surface area (Å²) in [6.07, 6.45) is 2.85. The Morgan fingerprint density at radius 2 is 2.15 bits per heavy atom. The molecule has 3 saturated heterocycles. The monoisotopic (exact) mass is 471 g/mol. The maximum atomic E-state index is 14.0. The molecule has 2 amide bonds. The minimum atomic E-state index is -0.999. The number of thioether (sulfide) groups is 1. The van der Waals surface area contributed by atoms with Crippen molar-refractivity contribution in [3.63, 3.8) is 0 Å². The van der Waals surface area contributed by atoms with Crippen molar-refractivity contribution < 1.29 is 24.6 Å². The number of β-amino-alcohol motifs (C(OH)–C–C–N with tert-alkyl or cyclic N) is 1. The molecule has 2 bridgehead atoms. The molecule has 1 spiro atoms. The number of aliphatic carboxylic acids is 1. The average Bonchev–Trinajstić information content (AvgIpc) is 3.54. The molecule has 10 nitrogen and oxygen atoms in total. The number of likely N-dealkylation sites (tertiary alicyclic amines) is 1. The average molecular weight is 472 g/mol. The van der Waals surface area contributed by atoms with Gasteiger partial charge in [0.1, 0.15) is 18.2 Å². The largest absolute Gasteiger partial charge is 0.481 e. The van der Waals surface area contributed by atoms with Crippen LogP contribution in [-0.2, 0) is 21.1 Å². The number of aliphatic hydroxyl groups is 1. The van der Waals surface area contributed by atoms with Crippen molar-refractivity contribution in [1.82, 2.24) is 24.8 Å². The predicted octanol–water partition coefficient (Wildman–Crippen LogP) is 0.572. The van der Waals surface area contributed by atoms with E-state index < -0.39 is 28.6 Å². The lowest BCUT2D eigenvalue weighted by molar-refractivity contribution is -0.148. The van der Waals surface area contributed by atoms with E-state index in [1.807, 2.05) is 24.3 Å². The van der Waals surface area contributed by atoms with Crippen LogP contribution in [-0.4, -0.2) is 88.5 Å². The zero-order valence-corrected chi connectivity index (χ0v) is 18.7. The van der Waals surface area contributed by atoms with Gasteiger partial charge in [0.2, 0.25) is 11.8 Å². The Hall–Kier alpha value is -2.92. The minimum absolute atomic E-state index is 0.0146. The number of carboxylic acid groups (broad SMARTS) is 1. The molecule has 5 rings (SSSR count). The van der Waals surface area contributed by atoms with Gasteiger partial charge >= 0.3 is 5.97 Å². The third-order valence-electron chi connectivity index (χ3n) is 7.05. The van der Waals surface area contributed by atoms with Crippen LogP contribution < -0.4 is 0 Å². The van der Waals surface area contributed by atoms with Crippen LogP contribution in [0.2, 0.25) is 0 Å². The van der Waals surface area contributed by atoms with Crippen LogP contribution in [0.3, 0.4) is 0 Å². The van der Waals surface area contributed by atoms with Gasteiger partial charge in [-0.25, -0.2) is 4.68 Å². The Morgan fingerprint density at radius 1 is 1.36 bits per heavy atom. The van der Waals surface area contributed by atoms with E-state index in [9.17, 15) is 24.6 Å². The normalized spacial score (nSPS) is 30.1. The Labute approximate surface area is 194 Å². The fraction of sp³-hybridized carbons (Fsp3) is 0.500. The van der Waals surface area contributed by atoms with Crippen molar-refractivity contribution in [2.24, 2.45) is 11.8 Å². The molecule has 2 N–H and O–H groups in total. The third kappa shape index (κ3) is 3.17. The Balaban J connectivity index is 1.52. The number of aromatic nitrogens is 3. The number of amides is 2. The van der Waals surface area contributed by atoms with Gasteiger partial charge in [0, 0.05) is 18.3 Å². The smallest absolute Gasteiger partial charge is 0.308 e. The molecule has 0 radical (unpaired) electrons. The topological polar surface area (TPSA) is 129 Å². The number of nitrogens with zero attached hydrogens (tertiary/aromatic N) is 5. The van der Waals surface area contributed by atoms with Crippen molar-refractivity contribution in [1.29, 1.82) is 0 Å². The minimum Gasteiger partial charge on any atom is -0.481 e. The second-order valence-corrected chi connectivity index (χ2v) is 10.3. The van der Waals surface area contributed by atoms with Gasteiger partial charge in [0.25, 0.3) is 0 Å². The van der Waals surface area contributed by atoms with Crippen molar-refractivity contribution in [2.75, 3.05) is 19.7 Å². The Bertz CT molecular complexity index is 1140. The molecule has 2 unspecified atom stereocenters. The standard InChI is InChI=1S/C22H25N5O5S/c1-2-9-25(12-27-14-6-4-3-5-13(14)23-24-27)20(30)18-22-8-7-15(33-22)16(21(31)32)17(22)19(29)26(18)10-11-28/h2-6,15-18,28H,1,7-12H2,(H,31,32)/t15-,16+,17-,18?,22?/m0/s1. The van der Waals surface area contributed by atoms with Crippen LogP contribution in [0, 0.1) is 11.8 Å². The fourth-order valence-corrected chi connectivity index (χ4v) is 8.00. The summed E-state index contributed by atoms with van der Waals surface area (Å²) in [6, 6.07) is 6.57. The highest BCUT2D eigenvalue weighted by atomic mass is 32.2.